The molecule has 1 N–H and O–H groups in total. The molecule has 0 bridgehead atoms. The van der Waals surface area contributed by atoms with E-state index in [1.165, 1.54) is 5.56 Å². The maximum atomic E-state index is 11.3. The van der Waals surface area contributed by atoms with Gasteiger partial charge in [-0.1, -0.05) is 28.1 Å². The number of rotatable bonds is 6. The Kier molecular flexibility index (Phi) is 6.36. The monoisotopic (exact) mass is 313 g/mol. The Labute approximate surface area is 117 Å². The lowest BCUT2D eigenvalue weighted by atomic mass is 10.1. The van der Waals surface area contributed by atoms with Gasteiger partial charge in [-0.2, -0.15) is 0 Å². The Morgan fingerprint density at radius 2 is 1.94 bits per heavy atom. The minimum Gasteiger partial charge on any atom is -0.466 e. The van der Waals surface area contributed by atoms with Crippen molar-refractivity contribution in [2.75, 3.05) is 6.61 Å². The third-order valence-corrected chi connectivity index (χ3v) is 3.21. The molecule has 0 aliphatic heterocycles. The van der Waals surface area contributed by atoms with E-state index in [0.717, 1.165) is 4.47 Å². The molecule has 18 heavy (non-hydrogen) atoms. The molecule has 1 rings (SSSR count). The normalized spacial score (nSPS) is 14.0. The lowest BCUT2D eigenvalue weighted by Gasteiger charge is -2.19. The Bertz CT molecular complexity index is 378. The second kappa shape index (κ2) is 7.54. The average molecular weight is 314 g/mol. The molecule has 0 saturated heterocycles. The number of benzene rings is 1. The summed E-state index contributed by atoms with van der Waals surface area (Å²) < 4.78 is 6.00. The van der Waals surface area contributed by atoms with Crippen LogP contribution < -0.4 is 5.32 Å². The van der Waals surface area contributed by atoms with E-state index in [4.69, 9.17) is 4.74 Å². The van der Waals surface area contributed by atoms with Gasteiger partial charge in [0.1, 0.15) is 0 Å². The molecular formula is C14H20BrNO2. The Balaban J connectivity index is 2.46. The number of carbonyl (C=O) groups excluding carboxylic acids is 1. The third kappa shape index (κ3) is 5.19. The van der Waals surface area contributed by atoms with E-state index in [9.17, 15) is 4.79 Å². The molecule has 1 unspecified atom stereocenters. The first kappa shape index (κ1) is 15.2. The van der Waals surface area contributed by atoms with Gasteiger partial charge in [-0.15, -0.1) is 0 Å². The first-order valence-electron chi connectivity index (χ1n) is 6.20. The molecule has 0 spiro atoms. The van der Waals surface area contributed by atoms with Gasteiger partial charge < -0.3 is 10.1 Å². The maximum Gasteiger partial charge on any atom is 0.307 e. The van der Waals surface area contributed by atoms with Crippen molar-refractivity contribution in [1.82, 2.24) is 5.32 Å². The molecule has 0 heterocycles. The van der Waals surface area contributed by atoms with Crippen LogP contribution in [0, 0.1) is 0 Å². The second-order valence-corrected chi connectivity index (χ2v) is 5.27. The maximum absolute atomic E-state index is 11.3. The van der Waals surface area contributed by atoms with Crippen molar-refractivity contribution in [3.8, 4) is 0 Å². The molecular weight excluding hydrogens is 294 g/mol. The molecule has 0 radical (unpaired) electrons. The summed E-state index contributed by atoms with van der Waals surface area (Å²) in [7, 11) is 0. The highest BCUT2D eigenvalue weighted by Crippen LogP contribution is 2.17. The van der Waals surface area contributed by atoms with E-state index in [1.807, 2.05) is 26.0 Å². The molecule has 0 amide bonds. The van der Waals surface area contributed by atoms with Gasteiger partial charge in [0, 0.05) is 16.6 Å². The number of ether oxygens (including phenoxy) is 1. The van der Waals surface area contributed by atoms with E-state index >= 15 is 0 Å². The van der Waals surface area contributed by atoms with Crippen molar-refractivity contribution in [2.24, 2.45) is 0 Å². The van der Waals surface area contributed by atoms with Crippen LogP contribution in [0.25, 0.3) is 0 Å². The van der Waals surface area contributed by atoms with Crippen molar-refractivity contribution in [1.29, 1.82) is 0 Å². The molecule has 0 aromatic heterocycles. The summed E-state index contributed by atoms with van der Waals surface area (Å²) >= 11 is 3.41. The molecule has 100 valence electrons. The standard InChI is InChI=1S/C14H20BrNO2/c1-4-18-14(17)9-10(2)16-11(3)12-5-7-13(15)8-6-12/h5-8,10-11,16H,4,9H2,1-3H3/t10?,11-/m0/s1. The van der Waals surface area contributed by atoms with Crippen LogP contribution in [-0.4, -0.2) is 18.6 Å². The average Bonchev–Trinajstić information content (AvgIpc) is 2.29. The molecule has 0 aliphatic rings. The highest BCUT2D eigenvalue weighted by Gasteiger charge is 2.13. The quantitative estimate of drug-likeness (QED) is 0.818. The van der Waals surface area contributed by atoms with Crippen LogP contribution in [0.2, 0.25) is 0 Å². The van der Waals surface area contributed by atoms with Crippen molar-refractivity contribution in [3.05, 3.63) is 34.3 Å². The topological polar surface area (TPSA) is 38.3 Å². The van der Waals surface area contributed by atoms with Gasteiger partial charge in [0.2, 0.25) is 0 Å². The van der Waals surface area contributed by atoms with Crippen molar-refractivity contribution >= 4 is 21.9 Å². The smallest absolute Gasteiger partial charge is 0.307 e. The van der Waals surface area contributed by atoms with E-state index < -0.39 is 0 Å². The summed E-state index contributed by atoms with van der Waals surface area (Å²) in [4.78, 5) is 11.3. The summed E-state index contributed by atoms with van der Waals surface area (Å²) in [5, 5.41) is 3.39. The van der Waals surface area contributed by atoms with Gasteiger partial charge in [-0.3, -0.25) is 4.79 Å². The number of hydrogen-bond donors (Lipinski definition) is 1. The molecule has 0 aliphatic carbocycles. The highest BCUT2D eigenvalue weighted by atomic mass is 79.9. The Hall–Kier alpha value is -0.870. The van der Waals surface area contributed by atoms with Crippen LogP contribution in [0.4, 0.5) is 0 Å². The van der Waals surface area contributed by atoms with Crippen LogP contribution in [0.15, 0.2) is 28.7 Å². The van der Waals surface area contributed by atoms with E-state index in [0.29, 0.717) is 13.0 Å². The molecule has 0 saturated carbocycles. The van der Waals surface area contributed by atoms with Crippen molar-refractivity contribution in [2.45, 2.75) is 39.3 Å². The summed E-state index contributed by atoms with van der Waals surface area (Å²) in [6, 6.07) is 8.48. The summed E-state index contributed by atoms with van der Waals surface area (Å²) in [6.45, 7) is 6.34. The van der Waals surface area contributed by atoms with Crippen LogP contribution in [0.3, 0.4) is 0 Å². The summed E-state index contributed by atoms with van der Waals surface area (Å²) in [5.74, 6) is -0.152. The third-order valence-electron chi connectivity index (χ3n) is 2.68. The van der Waals surface area contributed by atoms with Crippen LogP contribution in [-0.2, 0) is 9.53 Å². The van der Waals surface area contributed by atoms with E-state index in [1.54, 1.807) is 0 Å². The van der Waals surface area contributed by atoms with E-state index in [2.05, 4.69) is 40.3 Å². The minimum atomic E-state index is -0.152. The fourth-order valence-electron chi connectivity index (χ4n) is 1.80. The molecule has 0 fully saturated rings. The SMILES string of the molecule is CCOC(=O)CC(C)N[C@@H](C)c1ccc(Br)cc1. The fourth-order valence-corrected chi connectivity index (χ4v) is 2.07. The lowest BCUT2D eigenvalue weighted by molar-refractivity contribution is -0.143. The summed E-state index contributed by atoms with van der Waals surface area (Å²) in [5.41, 5.74) is 1.20. The number of halogens is 1. The Morgan fingerprint density at radius 1 is 1.33 bits per heavy atom. The van der Waals surface area contributed by atoms with Crippen molar-refractivity contribution < 1.29 is 9.53 Å². The summed E-state index contributed by atoms with van der Waals surface area (Å²) in [6.07, 6.45) is 0.398. The zero-order valence-electron chi connectivity index (χ0n) is 11.1. The van der Waals surface area contributed by atoms with Crippen molar-refractivity contribution in [3.63, 3.8) is 0 Å². The first-order valence-corrected chi connectivity index (χ1v) is 6.99. The van der Waals surface area contributed by atoms with Gasteiger partial charge in [0.05, 0.1) is 13.0 Å². The van der Waals surface area contributed by atoms with Crippen LogP contribution in [0.5, 0.6) is 0 Å². The fraction of sp³-hybridized carbons (Fsp3) is 0.500. The Morgan fingerprint density at radius 3 is 2.50 bits per heavy atom. The molecule has 3 nitrogen and oxygen atoms in total. The largest absolute Gasteiger partial charge is 0.466 e. The van der Waals surface area contributed by atoms with Crippen LogP contribution in [0.1, 0.15) is 38.8 Å². The molecule has 1 aromatic rings. The van der Waals surface area contributed by atoms with Gasteiger partial charge in [0.15, 0.2) is 0 Å². The van der Waals surface area contributed by atoms with Gasteiger partial charge >= 0.3 is 5.97 Å². The second-order valence-electron chi connectivity index (χ2n) is 4.35. The number of hydrogen-bond acceptors (Lipinski definition) is 3. The van der Waals surface area contributed by atoms with Crippen LogP contribution >= 0.6 is 15.9 Å². The zero-order chi connectivity index (χ0) is 13.5. The minimum absolute atomic E-state index is 0.0997. The molecule has 4 heteroatoms. The van der Waals surface area contributed by atoms with Gasteiger partial charge in [0.25, 0.3) is 0 Å². The van der Waals surface area contributed by atoms with Gasteiger partial charge in [-0.25, -0.2) is 0 Å². The predicted octanol–water partition coefficient (Wildman–Crippen LogP) is 3.44. The molecule has 2 atom stereocenters. The number of nitrogens with one attached hydrogen (secondary N) is 1. The highest BCUT2D eigenvalue weighted by molar-refractivity contribution is 9.10. The number of esters is 1. The first-order chi connectivity index (χ1) is 8.52. The van der Waals surface area contributed by atoms with E-state index in [-0.39, 0.29) is 18.1 Å². The zero-order valence-corrected chi connectivity index (χ0v) is 12.7. The predicted molar refractivity (Wildman–Crippen MR) is 76.4 cm³/mol. The number of carbonyl (C=O) groups is 1. The lowest BCUT2D eigenvalue weighted by Crippen LogP contribution is -2.31. The molecule has 1 aromatic carbocycles. The van der Waals surface area contributed by atoms with Gasteiger partial charge in [-0.05, 0) is 38.5 Å².